The van der Waals surface area contributed by atoms with E-state index >= 15 is 0 Å². The first-order valence-corrected chi connectivity index (χ1v) is 6.99. The van der Waals surface area contributed by atoms with Gasteiger partial charge in [-0.25, -0.2) is 0 Å². The van der Waals surface area contributed by atoms with Gasteiger partial charge in [0.1, 0.15) is 11.4 Å². The van der Waals surface area contributed by atoms with Gasteiger partial charge >= 0.3 is 4.96 Å². The summed E-state index contributed by atoms with van der Waals surface area (Å²) < 4.78 is 7.39. The number of nitrogens with zero attached hydrogens (tertiary/aromatic N) is 2. The lowest BCUT2D eigenvalue weighted by atomic mass is 10.1. The van der Waals surface area contributed by atoms with Crippen molar-refractivity contribution < 1.29 is 33.1 Å². The molecule has 3 aromatic rings. The highest BCUT2D eigenvalue weighted by atomic mass is 127. The van der Waals surface area contributed by atoms with E-state index in [9.17, 15) is 0 Å². The lowest BCUT2D eigenvalue weighted by Gasteiger charge is -2.02. The molecule has 0 fully saturated rings. The quantitative estimate of drug-likeness (QED) is 0.455. The van der Waals surface area contributed by atoms with E-state index in [2.05, 4.69) is 39.9 Å². The van der Waals surface area contributed by atoms with Gasteiger partial charge in [0.25, 0.3) is 0 Å². The van der Waals surface area contributed by atoms with Gasteiger partial charge in [0.15, 0.2) is 11.4 Å². The number of aryl methyl sites for hydroxylation is 2. The van der Waals surface area contributed by atoms with E-state index < -0.39 is 0 Å². The number of hydrogen-bond acceptors (Lipinski definition) is 3. The number of rotatable bonds is 2. The Hall–Kier alpha value is -1.21. The lowest BCUT2D eigenvalue weighted by molar-refractivity contribution is -0.505. The fourth-order valence-electron chi connectivity index (χ4n) is 2.24. The average molecular weight is 398 g/mol. The van der Waals surface area contributed by atoms with Gasteiger partial charge in [-0.15, -0.1) is 0 Å². The molecule has 0 radical (unpaired) electrons. The molecule has 0 aliphatic carbocycles. The van der Waals surface area contributed by atoms with Crippen molar-refractivity contribution in [3.8, 4) is 17.0 Å². The molecule has 5 heteroatoms. The van der Waals surface area contributed by atoms with E-state index in [0.717, 1.165) is 16.4 Å². The predicted molar refractivity (Wildman–Crippen MR) is 76.7 cm³/mol. The largest absolute Gasteiger partial charge is 1.00 e. The maximum atomic E-state index is 5.20. The summed E-state index contributed by atoms with van der Waals surface area (Å²) in [6.45, 7) is 4.14. The number of benzene rings is 1. The van der Waals surface area contributed by atoms with Gasteiger partial charge in [0.2, 0.25) is 0 Å². The van der Waals surface area contributed by atoms with Gasteiger partial charge in [-0.1, -0.05) is 0 Å². The minimum Gasteiger partial charge on any atom is -1.00 e. The molecule has 0 atom stereocenters. The van der Waals surface area contributed by atoms with Crippen LogP contribution >= 0.6 is 11.3 Å². The smallest absolute Gasteiger partial charge is 0.387 e. The van der Waals surface area contributed by atoms with Gasteiger partial charge in [-0.3, -0.25) is 0 Å². The molecule has 0 aliphatic rings. The van der Waals surface area contributed by atoms with Crippen LogP contribution in [-0.2, 0) is 0 Å². The average Bonchev–Trinajstić information content (AvgIpc) is 2.83. The number of thiazole rings is 1. The van der Waals surface area contributed by atoms with E-state index in [1.165, 1.54) is 17.0 Å². The van der Waals surface area contributed by atoms with Crippen LogP contribution in [0.2, 0.25) is 0 Å². The number of fused-ring (bicyclic) bond motifs is 1. The third kappa shape index (κ3) is 2.64. The van der Waals surface area contributed by atoms with Crippen molar-refractivity contribution in [2.45, 2.75) is 13.8 Å². The first kappa shape index (κ1) is 15.2. The summed E-state index contributed by atoms with van der Waals surface area (Å²) in [5.74, 6) is 0.874. The van der Waals surface area contributed by atoms with Crippen LogP contribution in [0.5, 0.6) is 5.75 Å². The third-order valence-electron chi connectivity index (χ3n) is 3.14. The molecule has 3 rings (SSSR count). The van der Waals surface area contributed by atoms with Crippen molar-refractivity contribution in [1.29, 1.82) is 0 Å². The maximum Gasteiger partial charge on any atom is 0.387 e. The number of halogens is 1. The van der Waals surface area contributed by atoms with Gasteiger partial charge in [0.05, 0.1) is 7.11 Å². The van der Waals surface area contributed by atoms with Crippen LogP contribution in [0.1, 0.15) is 11.4 Å². The highest BCUT2D eigenvalue weighted by Crippen LogP contribution is 2.23. The molecule has 0 aliphatic heterocycles. The second-order valence-electron chi connectivity index (χ2n) is 4.51. The number of aromatic nitrogens is 2. The summed E-state index contributed by atoms with van der Waals surface area (Å²) in [5.41, 5.74) is 4.61. The van der Waals surface area contributed by atoms with Crippen LogP contribution in [0.3, 0.4) is 0 Å². The van der Waals surface area contributed by atoms with Gasteiger partial charge in [0, 0.05) is 23.9 Å². The second kappa shape index (κ2) is 6.05. The molecule has 0 N–H and O–H groups in total. The zero-order valence-corrected chi connectivity index (χ0v) is 14.5. The van der Waals surface area contributed by atoms with E-state index in [4.69, 9.17) is 4.74 Å². The summed E-state index contributed by atoms with van der Waals surface area (Å²) in [6, 6.07) is 10.2. The molecule has 0 spiro atoms. The van der Waals surface area contributed by atoms with Crippen molar-refractivity contribution in [1.82, 2.24) is 4.98 Å². The van der Waals surface area contributed by atoms with Crippen molar-refractivity contribution in [3.05, 3.63) is 47.1 Å². The molecule has 20 heavy (non-hydrogen) atoms. The monoisotopic (exact) mass is 398 g/mol. The Labute approximate surface area is 139 Å². The summed E-state index contributed by atoms with van der Waals surface area (Å²) in [6.07, 6.45) is 0. The minimum atomic E-state index is 0. The topological polar surface area (TPSA) is 26.2 Å². The summed E-state index contributed by atoms with van der Waals surface area (Å²) >= 11 is 1.67. The van der Waals surface area contributed by atoms with Crippen LogP contribution in [0.25, 0.3) is 16.2 Å². The summed E-state index contributed by atoms with van der Waals surface area (Å²) in [7, 11) is 1.68. The highest BCUT2D eigenvalue weighted by Gasteiger charge is 2.17. The number of methoxy groups -OCH3 is 1. The van der Waals surface area contributed by atoms with Crippen LogP contribution in [-0.4, -0.2) is 12.1 Å². The summed E-state index contributed by atoms with van der Waals surface area (Å²) in [5, 5.41) is 2.15. The van der Waals surface area contributed by atoms with E-state index in [1.54, 1.807) is 18.4 Å². The van der Waals surface area contributed by atoms with Crippen LogP contribution < -0.4 is 33.1 Å². The van der Waals surface area contributed by atoms with Crippen molar-refractivity contribution in [2.24, 2.45) is 0 Å². The molecular weight excluding hydrogens is 383 g/mol. The van der Waals surface area contributed by atoms with E-state index in [1.807, 2.05) is 19.1 Å². The molecule has 2 aromatic heterocycles. The zero-order chi connectivity index (χ0) is 13.4. The molecule has 104 valence electrons. The van der Waals surface area contributed by atoms with Crippen LogP contribution in [0, 0.1) is 13.8 Å². The van der Waals surface area contributed by atoms with E-state index in [-0.39, 0.29) is 24.0 Å². The number of ether oxygens (including phenoxy) is 1. The molecule has 1 aromatic carbocycles. The minimum absolute atomic E-state index is 0. The predicted octanol–water partition coefficient (Wildman–Crippen LogP) is 0.178. The lowest BCUT2D eigenvalue weighted by Crippen LogP contribution is -3.00. The van der Waals surface area contributed by atoms with Crippen molar-refractivity contribution in [3.63, 3.8) is 0 Å². The Kier molecular flexibility index (Phi) is 4.59. The molecule has 0 bridgehead atoms. The Balaban J connectivity index is 0.00000147. The molecule has 0 saturated carbocycles. The molecule has 2 heterocycles. The number of hydrogen-bond donors (Lipinski definition) is 0. The second-order valence-corrected chi connectivity index (χ2v) is 5.34. The fraction of sp³-hybridized carbons (Fsp3) is 0.200. The van der Waals surface area contributed by atoms with Gasteiger partial charge < -0.3 is 28.7 Å². The first-order chi connectivity index (χ1) is 9.19. The van der Waals surface area contributed by atoms with Crippen molar-refractivity contribution in [2.75, 3.05) is 7.11 Å². The molecule has 0 amide bonds. The molecule has 3 nitrogen and oxygen atoms in total. The normalized spacial score (nSPS) is 10.3. The van der Waals surface area contributed by atoms with Crippen LogP contribution in [0.15, 0.2) is 35.7 Å². The maximum absolute atomic E-state index is 5.20. The molecular formula is C15H15IN2OS. The SMILES string of the molecule is COc1ccc(-c2csc3nc(C)cc(C)[n+]23)cc1.[I-]. The first-order valence-electron chi connectivity index (χ1n) is 6.11. The van der Waals surface area contributed by atoms with Gasteiger partial charge in [-0.2, -0.15) is 4.40 Å². The Morgan fingerprint density at radius 2 is 1.85 bits per heavy atom. The Morgan fingerprint density at radius 3 is 2.50 bits per heavy atom. The Bertz CT molecular complexity index is 737. The summed E-state index contributed by atoms with van der Waals surface area (Å²) in [4.78, 5) is 5.60. The highest BCUT2D eigenvalue weighted by molar-refractivity contribution is 7.14. The van der Waals surface area contributed by atoms with Crippen molar-refractivity contribution >= 4 is 16.3 Å². The molecule has 0 unspecified atom stereocenters. The van der Waals surface area contributed by atoms with E-state index in [0.29, 0.717) is 0 Å². The third-order valence-corrected chi connectivity index (χ3v) is 3.96. The molecule has 0 saturated heterocycles. The fourth-order valence-corrected chi connectivity index (χ4v) is 3.25. The van der Waals surface area contributed by atoms with Gasteiger partial charge in [-0.05, 0) is 47.5 Å². The van der Waals surface area contributed by atoms with Crippen LogP contribution in [0.4, 0.5) is 0 Å². The standard InChI is InChI=1S/C15H15N2OS.HI/c1-10-8-11(2)17-14(9-19-15(17)16-10)12-4-6-13(18-3)7-5-12;/h4-9H,1-3H3;1H/q+1;/p-1. The zero-order valence-electron chi connectivity index (χ0n) is 11.6. The Morgan fingerprint density at radius 1 is 1.15 bits per heavy atom.